The van der Waals surface area contributed by atoms with Crippen LogP contribution in [0.5, 0.6) is 0 Å². The van der Waals surface area contributed by atoms with Crippen LogP contribution in [0.2, 0.25) is 0 Å². The SMILES string of the molecule is Cc1ccc(C(OCC(C)C)c2ccc(-c3ccccc3C(=O)O)cc2)n2cc(C3CC3)nc12. The van der Waals surface area contributed by atoms with Gasteiger partial charge in [-0.1, -0.05) is 62.4 Å². The molecule has 0 aliphatic heterocycles. The smallest absolute Gasteiger partial charge is 0.336 e. The molecule has 1 fully saturated rings. The first-order valence-corrected chi connectivity index (χ1v) is 11.9. The molecule has 2 heterocycles. The number of benzene rings is 2. The monoisotopic (exact) mass is 454 g/mol. The van der Waals surface area contributed by atoms with Crippen molar-refractivity contribution in [3.05, 3.63) is 94.9 Å². The summed E-state index contributed by atoms with van der Waals surface area (Å²) in [5.74, 6) is 0.0529. The second kappa shape index (κ2) is 9.07. The highest BCUT2D eigenvalue weighted by atomic mass is 16.5. The van der Waals surface area contributed by atoms with Crippen molar-refractivity contribution < 1.29 is 14.6 Å². The third kappa shape index (κ3) is 4.36. The number of aromatic carboxylic acids is 1. The van der Waals surface area contributed by atoms with Crippen molar-refractivity contribution in [2.75, 3.05) is 6.61 Å². The van der Waals surface area contributed by atoms with Crippen molar-refractivity contribution >= 4 is 11.6 Å². The van der Waals surface area contributed by atoms with Crippen molar-refractivity contribution in [2.45, 2.75) is 45.6 Å². The van der Waals surface area contributed by atoms with Crippen LogP contribution < -0.4 is 0 Å². The van der Waals surface area contributed by atoms with E-state index in [4.69, 9.17) is 9.72 Å². The third-order valence-electron chi connectivity index (χ3n) is 6.40. The van der Waals surface area contributed by atoms with Crippen molar-refractivity contribution in [1.29, 1.82) is 0 Å². The molecule has 0 amide bonds. The number of aryl methyl sites for hydroxylation is 1. The summed E-state index contributed by atoms with van der Waals surface area (Å²) in [6.07, 6.45) is 4.35. The minimum absolute atomic E-state index is 0.254. The summed E-state index contributed by atoms with van der Waals surface area (Å²) in [4.78, 5) is 16.6. The first kappa shape index (κ1) is 22.4. The summed E-state index contributed by atoms with van der Waals surface area (Å²) in [5.41, 5.74) is 7.28. The van der Waals surface area contributed by atoms with E-state index in [1.165, 1.54) is 18.5 Å². The molecule has 1 atom stereocenters. The van der Waals surface area contributed by atoms with Gasteiger partial charge in [0.05, 0.1) is 23.6 Å². The lowest BCUT2D eigenvalue weighted by molar-refractivity contribution is 0.0570. The third-order valence-corrected chi connectivity index (χ3v) is 6.40. The van der Waals surface area contributed by atoms with Gasteiger partial charge in [0.1, 0.15) is 11.8 Å². The van der Waals surface area contributed by atoms with Gasteiger partial charge in [0.25, 0.3) is 0 Å². The van der Waals surface area contributed by atoms with Crippen molar-refractivity contribution in [3.8, 4) is 11.1 Å². The van der Waals surface area contributed by atoms with Crippen LogP contribution in [-0.2, 0) is 4.74 Å². The number of hydrogen-bond acceptors (Lipinski definition) is 3. The van der Waals surface area contributed by atoms with Gasteiger partial charge < -0.3 is 14.2 Å². The number of imidazole rings is 1. The van der Waals surface area contributed by atoms with E-state index < -0.39 is 5.97 Å². The van der Waals surface area contributed by atoms with E-state index in [2.05, 4.69) is 43.5 Å². The molecular weight excluding hydrogens is 424 g/mol. The zero-order valence-electron chi connectivity index (χ0n) is 19.9. The Bertz CT molecular complexity index is 1330. The molecule has 4 aromatic rings. The van der Waals surface area contributed by atoms with Gasteiger partial charge in [0.15, 0.2) is 0 Å². The van der Waals surface area contributed by atoms with Gasteiger partial charge in [-0.25, -0.2) is 9.78 Å². The van der Waals surface area contributed by atoms with Gasteiger partial charge in [-0.05, 0) is 60.1 Å². The van der Waals surface area contributed by atoms with Gasteiger partial charge in [-0.3, -0.25) is 0 Å². The molecule has 0 bridgehead atoms. The summed E-state index contributed by atoms with van der Waals surface area (Å²) in [6, 6.07) is 19.4. The fourth-order valence-electron chi connectivity index (χ4n) is 4.43. The number of carboxylic acids is 1. The summed E-state index contributed by atoms with van der Waals surface area (Å²) in [6.45, 7) is 7.03. The van der Waals surface area contributed by atoms with Gasteiger partial charge in [0, 0.05) is 12.1 Å². The van der Waals surface area contributed by atoms with Crippen LogP contribution in [-0.4, -0.2) is 27.1 Å². The van der Waals surface area contributed by atoms with Crippen molar-refractivity contribution in [2.24, 2.45) is 5.92 Å². The lowest BCUT2D eigenvalue weighted by Crippen LogP contribution is -2.14. The average molecular weight is 455 g/mol. The number of fused-ring (bicyclic) bond motifs is 1. The van der Waals surface area contributed by atoms with Gasteiger partial charge in [0.2, 0.25) is 0 Å². The molecule has 0 spiro atoms. The molecule has 5 heteroatoms. The molecule has 0 radical (unpaired) electrons. The molecule has 5 nitrogen and oxygen atoms in total. The van der Waals surface area contributed by atoms with Crippen molar-refractivity contribution in [1.82, 2.24) is 9.38 Å². The molecule has 1 N–H and O–H groups in total. The van der Waals surface area contributed by atoms with Gasteiger partial charge >= 0.3 is 5.97 Å². The van der Waals surface area contributed by atoms with E-state index in [1.54, 1.807) is 12.1 Å². The molecule has 2 aromatic carbocycles. The molecule has 34 heavy (non-hydrogen) atoms. The molecular formula is C29H30N2O3. The molecule has 0 saturated heterocycles. The van der Waals surface area contributed by atoms with Crippen LogP contribution in [0.15, 0.2) is 66.9 Å². The summed E-state index contributed by atoms with van der Waals surface area (Å²) >= 11 is 0. The second-order valence-electron chi connectivity index (χ2n) is 9.65. The van der Waals surface area contributed by atoms with Crippen molar-refractivity contribution in [3.63, 3.8) is 0 Å². The van der Waals surface area contributed by atoms with E-state index in [9.17, 15) is 9.90 Å². The highest BCUT2D eigenvalue weighted by Crippen LogP contribution is 2.40. The maximum absolute atomic E-state index is 11.7. The Hall–Kier alpha value is -3.44. The van der Waals surface area contributed by atoms with Gasteiger partial charge in [-0.2, -0.15) is 0 Å². The normalized spacial score (nSPS) is 14.6. The van der Waals surface area contributed by atoms with E-state index in [1.807, 2.05) is 36.4 Å². The first-order chi connectivity index (χ1) is 16.4. The fraction of sp³-hybridized carbons (Fsp3) is 0.310. The van der Waals surface area contributed by atoms with Crippen LogP contribution in [0.25, 0.3) is 16.8 Å². The zero-order valence-corrected chi connectivity index (χ0v) is 19.9. The van der Waals surface area contributed by atoms with Crippen LogP contribution in [0, 0.1) is 12.8 Å². The van der Waals surface area contributed by atoms with E-state index in [-0.39, 0.29) is 6.10 Å². The summed E-state index contributed by atoms with van der Waals surface area (Å²) in [5, 5.41) is 9.58. The molecule has 1 aliphatic carbocycles. The zero-order chi connectivity index (χ0) is 23.8. The van der Waals surface area contributed by atoms with E-state index >= 15 is 0 Å². The van der Waals surface area contributed by atoms with Crippen LogP contribution in [0.3, 0.4) is 0 Å². The number of nitrogens with zero attached hydrogens (tertiary/aromatic N) is 2. The van der Waals surface area contributed by atoms with E-state index in [0.29, 0.717) is 29.6 Å². The number of hydrogen-bond donors (Lipinski definition) is 1. The highest BCUT2D eigenvalue weighted by molar-refractivity contribution is 5.96. The number of rotatable bonds is 8. The fourth-order valence-corrected chi connectivity index (χ4v) is 4.43. The topological polar surface area (TPSA) is 63.8 Å². The first-order valence-electron chi connectivity index (χ1n) is 11.9. The number of pyridine rings is 1. The van der Waals surface area contributed by atoms with Gasteiger partial charge in [-0.15, -0.1) is 0 Å². The maximum Gasteiger partial charge on any atom is 0.336 e. The Morgan fingerprint density at radius 1 is 1.09 bits per heavy atom. The number of aromatic nitrogens is 2. The van der Waals surface area contributed by atoms with E-state index in [0.717, 1.165) is 28.0 Å². The quantitative estimate of drug-likeness (QED) is 0.324. The second-order valence-corrected chi connectivity index (χ2v) is 9.65. The summed E-state index contributed by atoms with van der Waals surface area (Å²) in [7, 11) is 0. The molecule has 1 unspecified atom stereocenters. The number of carboxylic acid groups (broad SMARTS) is 1. The molecule has 2 aromatic heterocycles. The Kier molecular flexibility index (Phi) is 5.96. The largest absolute Gasteiger partial charge is 0.478 e. The van der Waals surface area contributed by atoms with Crippen LogP contribution in [0.1, 0.15) is 71.6 Å². The Labute approximate surface area is 200 Å². The average Bonchev–Trinajstić information content (AvgIpc) is 3.58. The number of carbonyl (C=O) groups is 1. The number of ether oxygens (including phenoxy) is 1. The Morgan fingerprint density at radius 3 is 2.50 bits per heavy atom. The predicted molar refractivity (Wildman–Crippen MR) is 133 cm³/mol. The highest BCUT2D eigenvalue weighted by Gasteiger charge is 2.28. The molecule has 1 saturated carbocycles. The maximum atomic E-state index is 11.7. The lowest BCUT2D eigenvalue weighted by atomic mass is 9.96. The minimum atomic E-state index is -0.925. The summed E-state index contributed by atoms with van der Waals surface area (Å²) < 4.78 is 8.67. The molecule has 5 rings (SSSR count). The standard InChI is InChI=1S/C29H30N2O3/c1-18(2)17-34-27(26-15-8-19(3)28-30-25(16-31(26)28)21-11-12-21)22-13-9-20(10-14-22)23-6-4-5-7-24(23)29(32)33/h4-10,13-16,18,21,27H,11-12,17H2,1-3H3,(H,32,33). The Balaban J connectivity index is 1.56. The van der Waals surface area contributed by atoms with Crippen LogP contribution >= 0.6 is 0 Å². The minimum Gasteiger partial charge on any atom is -0.478 e. The predicted octanol–water partition coefficient (Wildman–Crippen LogP) is 6.65. The lowest BCUT2D eigenvalue weighted by Gasteiger charge is -2.22. The molecule has 174 valence electrons. The van der Waals surface area contributed by atoms with Crippen LogP contribution in [0.4, 0.5) is 0 Å². The molecule has 1 aliphatic rings. The Morgan fingerprint density at radius 2 is 1.82 bits per heavy atom.